The average Bonchev–Trinajstić information content (AvgIpc) is 2.16. The zero-order valence-corrected chi connectivity index (χ0v) is 9.00. The fourth-order valence-electron chi connectivity index (χ4n) is 1.28. The molecule has 0 saturated carbocycles. The summed E-state index contributed by atoms with van der Waals surface area (Å²) in [7, 11) is 0. The third kappa shape index (κ3) is 3.43. The molecule has 0 aromatic heterocycles. The minimum atomic E-state index is -0.517. The molecule has 1 aromatic rings. The largest absolute Gasteiger partial charge is 0.309 e. The van der Waals surface area contributed by atoms with Crippen molar-refractivity contribution in [3.05, 3.63) is 51.8 Å². The first-order valence-corrected chi connectivity index (χ1v) is 4.78. The van der Waals surface area contributed by atoms with Crippen molar-refractivity contribution in [2.75, 3.05) is 6.54 Å². The van der Waals surface area contributed by atoms with Crippen LogP contribution in [0.2, 0.25) is 0 Å². The molecule has 0 radical (unpaired) electrons. The van der Waals surface area contributed by atoms with Gasteiger partial charge in [-0.1, -0.05) is 12.2 Å². The van der Waals surface area contributed by atoms with E-state index in [0.29, 0.717) is 12.1 Å². The molecule has 0 saturated heterocycles. The van der Waals surface area contributed by atoms with Gasteiger partial charge in [-0.2, -0.15) is 0 Å². The summed E-state index contributed by atoms with van der Waals surface area (Å²) in [6, 6.07) is 3.43. The number of nitro benzene ring substituents is 1. The van der Waals surface area contributed by atoms with Crippen molar-refractivity contribution in [1.82, 2.24) is 5.32 Å². The Labute approximate surface area is 92.9 Å². The monoisotopic (exact) mass is 224 g/mol. The Hall–Kier alpha value is -1.75. The highest BCUT2D eigenvalue weighted by molar-refractivity contribution is 5.40. The van der Waals surface area contributed by atoms with Gasteiger partial charge in [-0.25, -0.2) is 4.39 Å². The van der Waals surface area contributed by atoms with Gasteiger partial charge in [-0.15, -0.1) is 0 Å². The van der Waals surface area contributed by atoms with Gasteiger partial charge in [0.2, 0.25) is 0 Å². The maximum Gasteiger partial charge on any atom is 0.274 e. The molecule has 0 aliphatic carbocycles. The molecule has 0 unspecified atom stereocenters. The van der Waals surface area contributed by atoms with E-state index in [1.807, 2.05) is 6.92 Å². The SMILES string of the molecule is C=C(C)CNCc1cc(F)ccc1[N+](=O)[O-]. The first-order chi connectivity index (χ1) is 7.50. The van der Waals surface area contributed by atoms with Crippen LogP contribution in [-0.2, 0) is 6.54 Å². The van der Waals surface area contributed by atoms with E-state index >= 15 is 0 Å². The summed E-state index contributed by atoms with van der Waals surface area (Å²) in [6.45, 7) is 6.33. The van der Waals surface area contributed by atoms with Crippen molar-refractivity contribution in [3.63, 3.8) is 0 Å². The predicted molar refractivity (Wildman–Crippen MR) is 59.6 cm³/mol. The molecule has 0 amide bonds. The van der Waals surface area contributed by atoms with Crippen LogP contribution in [-0.4, -0.2) is 11.5 Å². The molecule has 1 rings (SSSR count). The molecular weight excluding hydrogens is 211 g/mol. The van der Waals surface area contributed by atoms with E-state index in [1.54, 1.807) is 0 Å². The summed E-state index contributed by atoms with van der Waals surface area (Å²) in [5.41, 5.74) is 1.18. The molecule has 16 heavy (non-hydrogen) atoms. The molecule has 0 heterocycles. The van der Waals surface area contributed by atoms with Gasteiger partial charge in [-0.3, -0.25) is 10.1 Å². The van der Waals surface area contributed by atoms with E-state index in [9.17, 15) is 14.5 Å². The van der Waals surface area contributed by atoms with Crippen LogP contribution >= 0.6 is 0 Å². The number of hydrogen-bond donors (Lipinski definition) is 1. The highest BCUT2D eigenvalue weighted by atomic mass is 19.1. The Kier molecular flexibility index (Phi) is 4.13. The molecule has 1 aromatic carbocycles. The lowest BCUT2D eigenvalue weighted by Crippen LogP contribution is -2.16. The number of hydrogen-bond acceptors (Lipinski definition) is 3. The van der Waals surface area contributed by atoms with Gasteiger partial charge in [0.15, 0.2) is 0 Å². The van der Waals surface area contributed by atoms with Crippen LogP contribution in [0.5, 0.6) is 0 Å². The fourth-order valence-corrected chi connectivity index (χ4v) is 1.28. The first-order valence-electron chi connectivity index (χ1n) is 4.78. The Morgan fingerprint density at radius 1 is 1.62 bits per heavy atom. The van der Waals surface area contributed by atoms with Crippen molar-refractivity contribution in [2.24, 2.45) is 0 Å². The Morgan fingerprint density at radius 3 is 2.88 bits per heavy atom. The average molecular weight is 224 g/mol. The van der Waals surface area contributed by atoms with Crippen LogP contribution in [0.1, 0.15) is 12.5 Å². The van der Waals surface area contributed by atoms with Gasteiger partial charge in [0, 0.05) is 24.7 Å². The van der Waals surface area contributed by atoms with Crippen molar-refractivity contribution >= 4 is 5.69 Å². The summed E-state index contributed by atoms with van der Waals surface area (Å²) >= 11 is 0. The summed E-state index contributed by atoms with van der Waals surface area (Å²) in [6.07, 6.45) is 0. The van der Waals surface area contributed by atoms with E-state index in [1.165, 1.54) is 12.1 Å². The molecular formula is C11H13FN2O2. The number of nitrogens with zero attached hydrogens (tertiary/aromatic N) is 1. The number of halogens is 1. The second kappa shape index (κ2) is 5.37. The predicted octanol–water partition coefficient (Wildman–Crippen LogP) is 2.40. The molecule has 0 aliphatic heterocycles. The molecule has 0 spiro atoms. The lowest BCUT2D eigenvalue weighted by Gasteiger charge is -2.05. The third-order valence-corrected chi connectivity index (χ3v) is 1.98. The van der Waals surface area contributed by atoms with Crippen molar-refractivity contribution < 1.29 is 9.31 Å². The lowest BCUT2D eigenvalue weighted by molar-refractivity contribution is -0.385. The van der Waals surface area contributed by atoms with Crippen LogP contribution in [0, 0.1) is 15.9 Å². The van der Waals surface area contributed by atoms with Gasteiger partial charge in [0.25, 0.3) is 5.69 Å². The molecule has 0 aliphatic rings. The number of nitrogens with one attached hydrogen (secondary N) is 1. The van der Waals surface area contributed by atoms with Crippen LogP contribution in [0.3, 0.4) is 0 Å². The lowest BCUT2D eigenvalue weighted by atomic mass is 10.1. The number of nitro groups is 1. The van der Waals surface area contributed by atoms with Gasteiger partial charge in [0.05, 0.1) is 4.92 Å². The van der Waals surface area contributed by atoms with Gasteiger partial charge < -0.3 is 5.32 Å². The Morgan fingerprint density at radius 2 is 2.31 bits per heavy atom. The molecule has 86 valence electrons. The summed E-state index contributed by atoms with van der Waals surface area (Å²) in [5, 5.41) is 13.6. The molecule has 1 N–H and O–H groups in total. The maximum absolute atomic E-state index is 12.9. The van der Waals surface area contributed by atoms with Crippen LogP contribution in [0.25, 0.3) is 0 Å². The standard InChI is InChI=1S/C11H13FN2O2/c1-8(2)6-13-7-9-5-10(12)3-4-11(9)14(15)16/h3-5,13H,1,6-7H2,2H3. The zero-order chi connectivity index (χ0) is 12.1. The van der Waals surface area contributed by atoms with E-state index in [-0.39, 0.29) is 12.2 Å². The van der Waals surface area contributed by atoms with Crippen LogP contribution in [0.15, 0.2) is 30.4 Å². The quantitative estimate of drug-likeness (QED) is 0.474. The summed E-state index contributed by atoms with van der Waals surface area (Å²) in [5.74, 6) is -0.474. The smallest absolute Gasteiger partial charge is 0.274 e. The Bertz CT molecular complexity index is 418. The highest BCUT2D eigenvalue weighted by Gasteiger charge is 2.13. The van der Waals surface area contributed by atoms with Crippen molar-refractivity contribution in [3.8, 4) is 0 Å². The molecule has 0 fully saturated rings. The summed E-state index contributed by atoms with van der Waals surface area (Å²) in [4.78, 5) is 10.2. The number of rotatable bonds is 5. The highest BCUT2D eigenvalue weighted by Crippen LogP contribution is 2.19. The second-order valence-electron chi connectivity index (χ2n) is 3.59. The Balaban J connectivity index is 2.80. The molecule has 4 nitrogen and oxygen atoms in total. The number of benzene rings is 1. The van der Waals surface area contributed by atoms with Crippen molar-refractivity contribution in [1.29, 1.82) is 0 Å². The third-order valence-electron chi connectivity index (χ3n) is 1.98. The first kappa shape index (κ1) is 12.3. The molecule has 5 heteroatoms. The van der Waals surface area contributed by atoms with Crippen molar-refractivity contribution in [2.45, 2.75) is 13.5 Å². The topological polar surface area (TPSA) is 55.2 Å². The van der Waals surface area contributed by atoms with Gasteiger partial charge in [0.1, 0.15) is 5.82 Å². The molecule has 0 bridgehead atoms. The minimum absolute atomic E-state index is 0.0735. The van der Waals surface area contributed by atoms with Gasteiger partial charge in [-0.05, 0) is 19.1 Å². The van der Waals surface area contributed by atoms with E-state index in [4.69, 9.17) is 0 Å². The van der Waals surface area contributed by atoms with Crippen LogP contribution < -0.4 is 5.32 Å². The van der Waals surface area contributed by atoms with Crippen LogP contribution in [0.4, 0.5) is 10.1 Å². The maximum atomic E-state index is 12.9. The minimum Gasteiger partial charge on any atom is -0.309 e. The molecule has 0 atom stereocenters. The van der Waals surface area contributed by atoms with E-state index < -0.39 is 10.7 Å². The second-order valence-corrected chi connectivity index (χ2v) is 3.59. The van der Waals surface area contributed by atoms with E-state index in [0.717, 1.165) is 11.6 Å². The summed E-state index contributed by atoms with van der Waals surface area (Å²) < 4.78 is 12.9. The zero-order valence-electron chi connectivity index (χ0n) is 9.00. The van der Waals surface area contributed by atoms with E-state index in [2.05, 4.69) is 11.9 Å². The normalized spacial score (nSPS) is 10.1. The van der Waals surface area contributed by atoms with Gasteiger partial charge >= 0.3 is 0 Å². The fraction of sp³-hybridized carbons (Fsp3) is 0.273.